The molecule has 0 aliphatic heterocycles. The van der Waals surface area contributed by atoms with E-state index < -0.39 is 5.97 Å². The number of ether oxygens (including phenoxy) is 1. The summed E-state index contributed by atoms with van der Waals surface area (Å²) in [6.07, 6.45) is -0.0814. The molecule has 1 aromatic rings. The van der Waals surface area contributed by atoms with Crippen molar-refractivity contribution in [1.82, 2.24) is 0 Å². The molecular formula is C13H15NO5. The fraction of sp³-hybridized carbons (Fsp3) is 0.308. The first-order valence-corrected chi connectivity index (χ1v) is 5.64. The third kappa shape index (κ3) is 4.42. The average molecular weight is 265 g/mol. The van der Waals surface area contributed by atoms with Crippen molar-refractivity contribution >= 4 is 23.3 Å². The Morgan fingerprint density at radius 3 is 2.47 bits per heavy atom. The molecule has 0 unspecified atom stereocenters. The number of carbonyl (C=O) groups is 3. The Morgan fingerprint density at radius 1 is 1.26 bits per heavy atom. The van der Waals surface area contributed by atoms with Gasteiger partial charge < -0.3 is 15.2 Å². The van der Waals surface area contributed by atoms with Gasteiger partial charge >= 0.3 is 5.97 Å². The van der Waals surface area contributed by atoms with Crippen LogP contribution >= 0.6 is 0 Å². The summed E-state index contributed by atoms with van der Waals surface area (Å²) in [5, 5.41) is 12.2. The third-order valence-electron chi connectivity index (χ3n) is 2.40. The van der Waals surface area contributed by atoms with Crippen LogP contribution in [0.1, 0.15) is 30.1 Å². The highest BCUT2D eigenvalue weighted by Gasteiger charge is 2.14. The fourth-order valence-corrected chi connectivity index (χ4v) is 1.50. The number of esters is 1. The summed E-state index contributed by atoms with van der Waals surface area (Å²) in [5.41, 5.74) is 0.507. The molecule has 1 aromatic carbocycles. The molecule has 102 valence electrons. The van der Waals surface area contributed by atoms with Gasteiger partial charge in [-0.05, 0) is 12.1 Å². The smallest absolute Gasteiger partial charge is 0.305 e. The monoisotopic (exact) mass is 265 g/mol. The number of rotatable bonds is 5. The molecule has 1 rings (SSSR count). The van der Waals surface area contributed by atoms with Crippen LogP contribution in [0.4, 0.5) is 5.69 Å². The lowest BCUT2D eigenvalue weighted by molar-refractivity contribution is -0.140. The Balaban J connectivity index is 2.75. The van der Waals surface area contributed by atoms with E-state index in [2.05, 4.69) is 10.1 Å². The van der Waals surface area contributed by atoms with E-state index in [1.54, 1.807) is 0 Å². The van der Waals surface area contributed by atoms with Gasteiger partial charge in [0, 0.05) is 25.1 Å². The Bertz CT molecular complexity index is 510. The van der Waals surface area contributed by atoms with Crippen LogP contribution in [0.15, 0.2) is 18.2 Å². The number of nitrogens with one attached hydrogen (secondary N) is 1. The summed E-state index contributed by atoms with van der Waals surface area (Å²) < 4.78 is 4.43. The van der Waals surface area contributed by atoms with E-state index in [0.29, 0.717) is 5.69 Å². The zero-order valence-electron chi connectivity index (χ0n) is 10.7. The number of Topliss-reactive ketones (excluding diaryl/α,β-unsaturated/α-hetero) is 1. The second-order valence-corrected chi connectivity index (χ2v) is 3.91. The minimum atomic E-state index is -0.484. The Labute approximate surface area is 110 Å². The second-order valence-electron chi connectivity index (χ2n) is 3.91. The normalized spacial score (nSPS) is 9.79. The van der Waals surface area contributed by atoms with Gasteiger partial charge in [0.2, 0.25) is 5.91 Å². The topological polar surface area (TPSA) is 92.7 Å². The van der Waals surface area contributed by atoms with Crippen molar-refractivity contribution in [2.45, 2.75) is 19.8 Å². The van der Waals surface area contributed by atoms with Crippen LogP contribution in [0.3, 0.4) is 0 Å². The summed E-state index contributed by atoms with van der Waals surface area (Å²) in [7, 11) is 1.24. The van der Waals surface area contributed by atoms with Crippen molar-refractivity contribution in [3.8, 4) is 5.75 Å². The Morgan fingerprint density at radius 2 is 1.95 bits per heavy atom. The predicted molar refractivity (Wildman–Crippen MR) is 68.0 cm³/mol. The molecule has 19 heavy (non-hydrogen) atoms. The highest BCUT2D eigenvalue weighted by atomic mass is 16.5. The molecule has 0 atom stereocenters. The molecule has 0 saturated carbocycles. The second kappa shape index (κ2) is 6.53. The van der Waals surface area contributed by atoms with Gasteiger partial charge in [0.1, 0.15) is 5.75 Å². The molecule has 1 amide bonds. The van der Waals surface area contributed by atoms with Crippen LogP contribution in [-0.2, 0) is 14.3 Å². The molecule has 0 aliphatic carbocycles. The molecule has 0 aliphatic rings. The van der Waals surface area contributed by atoms with Gasteiger partial charge in [-0.3, -0.25) is 14.4 Å². The average Bonchev–Trinajstić information content (AvgIpc) is 2.34. The van der Waals surface area contributed by atoms with E-state index in [1.807, 2.05) is 0 Å². The number of ketones is 1. The number of hydrogen-bond acceptors (Lipinski definition) is 5. The van der Waals surface area contributed by atoms with Crippen LogP contribution in [0.25, 0.3) is 0 Å². The lowest BCUT2D eigenvalue weighted by atomic mass is 10.0. The quantitative estimate of drug-likeness (QED) is 0.621. The summed E-state index contributed by atoms with van der Waals surface area (Å²) in [5.74, 6) is -1.36. The lowest BCUT2D eigenvalue weighted by Crippen LogP contribution is -2.08. The summed E-state index contributed by atoms with van der Waals surface area (Å²) >= 11 is 0. The molecule has 0 fully saturated rings. The van der Waals surface area contributed by atoms with E-state index in [9.17, 15) is 19.5 Å². The first kappa shape index (κ1) is 14.7. The number of methoxy groups -OCH3 is 1. The SMILES string of the molecule is COC(=O)CCC(=O)c1ccc(NC(C)=O)cc1O. The molecule has 0 aromatic heterocycles. The molecule has 0 bridgehead atoms. The van der Waals surface area contributed by atoms with E-state index in [1.165, 1.54) is 32.2 Å². The van der Waals surface area contributed by atoms with Gasteiger partial charge in [-0.2, -0.15) is 0 Å². The summed E-state index contributed by atoms with van der Waals surface area (Å²) in [4.78, 5) is 33.5. The molecule has 2 N–H and O–H groups in total. The van der Waals surface area contributed by atoms with Crippen molar-refractivity contribution in [1.29, 1.82) is 0 Å². The van der Waals surface area contributed by atoms with E-state index in [0.717, 1.165) is 0 Å². The van der Waals surface area contributed by atoms with Gasteiger partial charge in [-0.25, -0.2) is 0 Å². The van der Waals surface area contributed by atoms with Crippen molar-refractivity contribution in [2.24, 2.45) is 0 Å². The van der Waals surface area contributed by atoms with Crippen molar-refractivity contribution < 1.29 is 24.2 Å². The maximum atomic E-state index is 11.8. The first-order chi connectivity index (χ1) is 8.93. The lowest BCUT2D eigenvalue weighted by Gasteiger charge is -2.07. The standard InChI is InChI=1S/C13H15NO5/c1-8(15)14-9-3-4-10(12(17)7-9)11(16)5-6-13(18)19-2/h3-4,7,17H,5-6H2,1-2H3,(H,14,15). The minimum absolute atomic E-state index is 0.0395. The van der Waals surface area contributed by atoms with E-state index >= 15 is 0 Å². The predicted octanol–water partition coefficient (Wildman–Crippen LogP) is 1.49. The van der Waals surface area contributed by atoms with Crippen LogP contribution < -0.4 is 5.32 Å². The summed E-state index contributed by atoms with van der Waals surface area (Å²) in [6.45, 7) is 1.34. The van der Waals surface area contributed by atoms with Gasteiger partial charge in [0.25, 0.3) is 0 Å². The Hall–Kier alpha value is -2.37. The number of phenols is 1. The number of amides is 1. The maximum absolute atomic E-state index is 11.8. The number of benzene rings is 1. The number of aromatic hydroxyl groups is 1. The fourth-order valence-electron chi connectivity index (χ4n) is 1.50. The Kier molecular flexibility index (Phi) is 5.05. The van der Waals surface area contributed by atoms with Crippen molar-refractivity contribution in [3.05, 3.63) is 23.8 Å². The molecule has 0 radical (unpaired) electrons. The summed E-state index contributed by atoms with van der Waals surface area (Å²) in [6, 6.07) is 4.19. The highest BCUT2D eigenvalue weighted by molar-refractivity contribution is 6.00. The van der Waals surface area contributed by atoms with Gasteiger partial charge in [-0.15, -0.1) is 0 Å². The third-order valence-corrected chi connectivity index (χ3v) is 2.40. The maximum Gasteiger partial charge on any atom is 0.305 e. The van der Waals surface area contributed by atoms with Crippen molar-refractivity contribution in [2.75, 3.05) is 12.4 Å². The van der Waals surface area contributed by atoms with Crippen LogP contribution in [0.5, 0.6) is 5.75 Å². The highest BCUT2D eigenvalue weighted by Crippen LogP contribution is 2.23. The van der Waals surface area contributed by atoms with Crippen molar-refractivity contribution in [3.63, 3.8) is 0 Å². The molecule has 6 heteroatoms. The molecule has 6 nitrogen and oxygen atoms in total. The first-order valence-electron chi connectivity index (χ1n) is 5.64. The molecule has 0 saturated heterocycles. The molecular weight excluding hydrogens is 250 g/mol. The molecule has 0 heterocycles. The van der Waals surface area contributed by atoms with Crippen LogP contribution in [0.2, 0.25) is 0 Å². The van der Waals surface area contributed by atoms with Gasteiger partial charge in [0.15, 0.2) is 5.78 Å². The zero-order chi connectivity index (χ0) is 14.4. The number of anilines is 1. The largest absolute Gasteiger partial charge is 0.507 e. The van der Waals surface area contributed by atoms with Gasteiger partial charge in [-0.1, -0.05) is 0 Å². The van der Waals surface area contributed by atoms with Gasteiger partial charge in [0.05, 0.1) is 19.1 Å². The van der Waals surface area contributed by atoms with Crippen LogP contribution in [-0.4, -0.2) is 29.9 Å². The van der Waals surface area contributed by atoms with E-state index in [4.69, 9.17) is 0 Å². The van der Waals surface area contributed by atoms with E-state index in [-0.39, 0.29) is 35.8 Å². The van der Waals surface area contributed by atoms with Crippen LogP contribution in [0, 0.1) is 0 Å². The molecule has 0 spiro atoms. The number of hydrogen-bond donors (Lipinski definition) is 2. The minimum Gasteiger partial charge on any atom is -0.507 e. The number of carbonyl (C=O) groups excluding carboxylic acids is 3. The number of phenolic OH excluding ortho intramolecular Hbond substituents is 1. The zero-order valence-corrected chi connectivity index (χ0v) is 10.7.